The number of aryl methyl sites for hydroxylation is 2. The summed E-state index contributed by atoms with van der Waals surface area (Å²) in [6.45, 7) is 0. The molecular weight excluding hydrogens is 510 g/mol. The van der Waals surface area contributed by atoms with E-state index in [0.717, 1.165) is 40.7 Å². The number of sulfone groups is 1. The first-order chi connectivity index (χ1) is 18.9. The van der Waals surface area contributed by atoms with E-state index in [-0.39, 0.29) is 17.1 Å². The second-order valence-electron chi connectivity index (χ2n) is 9.56. The van der Waals surface area contributed by atoms with Gasteiger partial charge < -0.3 is 15.4 Å². The molecular formula is C31H29N3O4S. The molecule has 5 aromatic rings. The maximum absolute atomic E-state index is 13.1. The SMILES string of the molecule is O=C(O)C[C@@H](CS(=O)(=O)c1ccc(CCc2cccc(Nc3nc4ccccc4[nH]3)c2)cc1)c1ccccc1. The molecule has 4 aromatic carbocycles. The molecule has 1 atom stereocenters. The van der Waals surface area contributed by atoms with Gasteiger partial charge in [0.2, 0.25) is 5.95 Å². The number of hydrogen-bond acceptors (Lipinski definition) is 5. The summed E-state index contributed by atoms with van der Waals surface area (Å²) >= 11 is 0. The fourth-order valence-corrected chi connectivity index (χ4v) is 6.26. The third kappa shape index (κ3) is 6.72. The quantitative estimate of drug-likeness (QED) is 0.186. The van der Waals surface area contributed by atoms with E-state index in [9.17, 15) is 18.3 Å². The molecule has 7 nitrogen and oxygen atoms in total. The van der Waals surface area contributed by atoms with E-state index >= 15 is 0 Å². The smallest absolute Gasteiger partial charge is 0.303 e. The second kappa shape index (κ2) is 11.5. The number of aromatic nitrogens is 2. The second-order valence-corrected chi connectivity index (χ2v) is 11.6. The molecule has 0 aliphatic rings. The number of fused-ring (bicyclic) bond motifs is 1. The number of hydrogen-bond donors (Lipinski definition) is 3. The molecule has 0 aliphatic carbocycles. The largest absolute Gasteiger partial charge is 0.481 e. The van der Waals surface area contributed by atoms with Crippen LogP contribution in [0.1, 0.15) is 29.0 Å². The van der Waals surface area contributed by atoms with Gasteiger partial charge in [0.15, 0.2) is 9.84 Å². The molecule has 5 rings (SSSR count). The lowest BCUT2D eigenvalue weighted by Gasteiger charge is -2.16. The third-order valence-electron chi connectivity index (χ3n) is 6.68. The monoisotopic (exact) mass is 539 g/mol. The van der Waals surface area contributed by atoms with Crippen LogP contribution in [0.4, 0.5) is 11.6 Å². The van der Waals surface area contributed by atoms with E-state index in [2.05, 4.69) is 27.4 Å². The minimum absolute atomic E-state index is 0.203. The molecule has 198 valence electrons. The van der Waals surface area contributed by atoms with E-state index in [1.807, 2.05) is 54.6 Å². The summed E-state index contributed by atoms with van der Waals surface area (Å²) in [5.74, 6) is -1.21. The van der Waals surface area contributed by atoms with Crippen LogP contribution in [-0.4, -0.2) is 35.2 Å². The Kier molecular flexibility index (Phi) is 7.74. The van der Waals surface area contributed by atoms with E-state index in [1.165, 1.54) is 0 Å². The number of imidazole rings is 1. The third-order valence-corrected chi connectivity index (χ3v) is 8.51. The number of carboxylic acid groups (broad SMARTS) is 1. The van der Waals surface area contributed by atoms with Gasteiger partial charge in [-0.1, -0.05) is 66.7 Å². The number of nitrogens with one attached hydrogen (secondary N) is 2. The highest BCUT2D eigenvalue weighted by Crippen LogP contribution is 2.26. The van der Waals surface area contributed by atoms with E-state index in [0.29, 0.717) is 11.5 Å². The van der Waals surface area contributed by atoms with Crippen molar-refractivity contribution in [2.24, 2.45) is 0 Å². The molecule has 0 aliphatic heterocycles. The lowest BCUT2D eigenvalue weighted by atomic mass is 9.98. The van der Waals surface area contributed by atoms with Crippen LogP contribution < -0.4 is 5.32 Å². The van der Waals surface area contributed by atoms with Crippen LogP contribution in [0.15, 0.2) is 108 Å². The molecule has 8 heteroatoms. The normalized spacial score (nSPS) is 12.3. The predicted molar refractivity (Wildman–Crippen MR) is 153 cm³/mol. The summed E-state index contributed by atoms with van der Waals surface area (Å²) in [5, 5.41) is 12.6. The van der Waals surface area contributed by atoms with Crippen LogP contribution in [-0.2, 0) is 27.5 Å². The van der Waals surface area contributed by atoms with Gasteiger partial charge in [-0.05, 0) is 65.9 Å². The van der Waals surface area contributed by atoms with E-state index in [4.69, 9.17) is 0 Å². The van der Waals surface area contributed by atoms with Crippen molar-refractivity contribution in [1.29, 1.82) is 0 Å². The van der Waals surface area contributed by atoms with Gasteiger partial charge in [0.25, 0.3) is 0 Å². The highest BCUT2D eigenvalue weighted by Gasteiger charge is 2.24. The van der Waals surface area contributed by atoms with Gasteiger partial charge in [-0.25, -0.2) is 13.4 Å². The standard InChI is InChI=1S/C31H29N3O4S/c35-30(36)20-25(24-8-2-1-3-9-24)21-39(37,38)27-17-15-22(16-18-27)13-14-23-7-6-10-26(19-23)32-31-33-28-11-4-5-12-29(28)34-31/h1-12,15-19,25H,13-14,20-21H2,(H,35,36)(H2,32,33,34)/t25-/m0/s1. The van der Waals surface area contributed by atoms with Crippen LogP contribution in [0, 0.1) is 0 Å². The first-order valence-electron chi connectivity index (χ1n) is 12.7. The summed E-state index contributed by atoms with van der Waals surface area (Å²) in [5.41, 5.74) is 5.68. The van der Waals surface area contributed by atoms with Crippen molar-refractivity contribution >= 4 is 38.5 Å². The summed E-state index contributed by atoms with van der Waals surface area (Å²) in [4.78, 5) is 19.4. The van der Waals surface area contributed by atoms with Gasteiger partial charge in [-0.15, -0.1) is 0 Å². The average molecular weight is 540 g/mol. The number of aromatic amines is 1. The number of benzene rings is 4. The zero-order valence-electron chi connectivity index (χ0n) is 21.2. The summed E-state index contributed by atoms with van der Waals surface area (Å²) in [6.07, 6.45) is 1.29. The van der Waals surface area contributed by atoms with Crippen molar-refractivity contribution in [3.8, 4) is 0 Å². The number of rotatable bonds is 11. The highest BCUT2D eigenvalue weighted by molar-refractivity contribution is 7.91. The Hall–Kier alpha value is -4.43. The van der Waals surface area contributed by atoms with E-state index in [1.54, 1.807) is 36.4 Å². The van der Waals surface area contributed by atoms with Crippen molar-refractivity contribution in [1.82, 2.24) is 9.97 Å². The predicted octanol–water partition coefficient (Wildman–Crippen LogP) is 6.12. The van der Waals surface area contributed by atoms with Crippen LogP contribution in [0.3, 0.4) is 0 Å². The Morgan fingerprint density at radius 3 is 2.31 bits per heavy atom. The Morgan fingerprint density at radius 2 is 1.56 bits per heavy atom. The summed E-state index contributed by atoms with van der Waals surface area (Å²) in [7, 11) is -3.66. The van der Waals surface area contributed by atoms with Gasteiger partial charge in [0, 0.05) is 11.6 Å². The molecule has 0 saturated heterocycles. The van der Waals surface area contributed by atoms with E-state index < -0.39 is 21.7 Å². The lowest BCUT2D eigenvalue weighted by molar-refractivity contribution is -0.137. The van der Waals surface area contributed by atoms with Crippen molar-refractivity contribution in [2.75, 3.05) is 11.1 Å². The van der Waals surface area contributed by atoms with Gasteiger partial charge in [-0.3, -0.25) is 4.79 Å². The molecule has 1 heterocycles. The minimum atomic E-state index is -3.66. The molecule has 3 N–H and O–H groups in total. The zero-order chi connectivity index (χ0) is 27.2. The Bertz CT molecular complexity index is 1650. The van der Waals surface area contributed by atoms with Crippen LogP contribution in [0.5, 0.6) is 0 Å². The molecule has 1 aromatic heterocycles. The summed E-state index contributed by atoms with van der Waals surface area (Å²) in [6, 6.07) is 31.8. The Balaban J connectivity index is 1.22. The Morgan fingerprint density at radius 1 is 0.846 bits per heavy atom. The van der Waals surface area contributed by atoms with Crippen molar-refractivity contribution in [2.45, 2.75) is 30.1 Å². The van der Waals surface area contributed by atoms with Gasteiger partial charge in [-0.2, -0.15) is 0 Å². The fraction of sp³-hybridized carbons (Fsp3) is 0.161. The van der Waals surface area contributed by atoms with Crippen LogP contribution >= 0.6 is 0 Å². The van der Waals surface area contributed by atoms with Crippen LogP contribution in [0.25, 0.3) is 11.0 Å². The molecule has 0 amide bonds. The Labute approximate surface area is 227 Å². The maximum atomic E-state index is 13.1. The van der Waals surface area contributed by atoms with Gasteiger partial charge >= 0.3 is 5.97 Å². The molecule has 0 radical (unpaired) electrons. The topological polar surface area (TPSA) is 112 Å². The number of carboxylic acids is 1. The zero-order valence-corrected chi connectivity index (χ0v) is 22.1. The summed E-state index contributed by atoms with van der Waals surface area (Å²) < 4.78 is 26.3. The maximum Gasteiger partial charge on any atom is 0.303 e. The van der Waals surface area contributed by atoms with Crippen molar-refractivity contribution in [3.05, 3.63) is 120 Å². The van der Waals surface area contributed by atoms with Crippen molar-refractivity contribution < 1.29 is 18.3 Å². The molecule has 0 unspecified atom stereocenters. The fourth-order valence-electron chi connectivity index (χ4n) is 4.68. The molecule has 0 fully saturated rings. The number of para-hydroxylation sites is 2. The van der Waals surface area contributed by atoms with Crippen LogP contribution in [0.2, 0.25) is 0 Å². The molecule has 0 bridgehead atoms. The molecule has 0 saturated carbocycles. The van der Waals surface area contributed by atoms with Gasteiger partial charge in [0.1, 0.15) is 0 Å². The number of H-pyrrole nitrogens is 1. The average Bonchev–Trinajstić information content (AvgIpc) is 3.34. The number of carbonyl (C=O) groups is 1. The first-order valence-corrected chi connectivity index (χ1v) is 14.4. The first kappa shape index (κ1) is 26.2. The molecule has 39 heavy (non-hydrogen) atoms. The molecule has 0 spiro atoms. The number of anilines is 2. The van der Waals surface area contributed by atoms with Crippen molar-refractivity contribution in [3.63, 3.8) is 0 Å². The lowest BCUT2D eigenvalue weighted by Crippen LogP contribution is -2.18. The van der Waals surface area contributed by atoms with Gasteiger partial charge in [0.05, 0.1) is 28.1 Å². The number of nitrogens with zero attached hydrogens (tertiary/aromatic N) is 1. The minimum Gasteiger partial charge on any atom is -0.481 e. The highest BCUT2D eigenvalue weighted by atomic mass is 32.2. The number of aliphatic carboxylic acids is 1.